The number of hydrogen-bond acceptors (Lipinski definition) is 5. The van der Waals surface area contributed by atoms with Gasteiger partial charge in [-0.1, -0.05) is 66.7 Å². The third-order valence-corrected chi connectivity index (χ3v) is 5.42. The van der Waals surface area contributed by atoms with Gasteiger partial charge >= 0.3 is 11.9 Å². The Hall–Kier alpha value is -3.18. The minimum atomic E-state index is -1.54. The number of rotatable bonds is 9. The molecule has 0 unspecified atom stereocenters. The molecule has 31 heavy (non-hydrogen) atoms. The average Bonchev–Trinajstić information content (AvgIpc) is 2.79. The summed E-state index contributed by atoms with van der Waals surface area (Å²) in [4.78, 5) is 26.3. The number of hydrogen-bond donors (Lipinski definition) is 1. The molecule has 3 aromatic carbocycles. The van der Waals surface area contributed by atoms with Crippen molar-refractivity contribution in [3.8, 4) is 0 Å². The van der Waals surface area contributed by atoms with E-state index in [1.807, 2.05) is 48.5 Å². The molecule has 0 heterocycles. The molecule has 0 fully saturated rings. The fourth-order valence-electron chi connectivity index (χ4n) is 3.97. The summed E-state index contributed by atoms with van der Waals surface area (Å²) < 4.78 is 10.7. The third-order valence-electron chi connectivity index (χ3n) is 5.42. The van der Waals surface area contributed by atoms with E-state index in [9.17, 15) is 14.7 Å². The lowest BCUT2D eigenvalue weighted by atomic mass is 9.77. The van der Waals surface area contributed by atoms with Gasteiger partial charge in [-0.05, 0) is 47.4 Å². The van der Waals surface area contributed by atoms with Gasteiger partial charge in [0, 0.05) is 6.42 Å². The van der Waals surface area contributed by atoms with Crippen molar-refractivity contribution in [1.82, 2.24) is 0 Å². The summed E-state index contributed by atoms with van der Waals surface area (Å²) in [6.45, 7) is 3.55. The molecule has 0 aliphatic carbocycles. The first-order valence-electron chi connectivity index (χ1n) is 10.6. The summed E-state index contributed by atoms with van der Waals surface area (Å²) in [5.74, 6) is -1.23. The van der Waals surface area contributed by atoms with Gasteiger partial charge in [0.25, 0.3) is 0 Å². The third kappa shape index (κ3) is 4.62. The zero-order valence-corrected chi connectivity index (χ0v) is 18.0. The van der Waals surface area contributed by atoms with Gasteiger partial charge in [0.15, 0.2) is 5.41 Å². The first kappa shape index (κ1) is 22.5. The Morgan fingerprint density at radius 2 is 1.45 bits per heavy atom. The van der Waals surface area contributed by atoms with E-state index in [1.54, 1.807) is 19.9 Å². The lowest BCUT2D eigenvalue weighted by Gasteiger charge is -2.29. The quantitative estimate of drug-likeness (QED) is 0.237. The number of aliphatic hydroxyl groups is 1. The van der Waals surface area contributed by atoms with Crippen molar-refractivity contribution in [2.24, 2.45) is 5.41 Å². The van der Waals surface area contributed by atoms with Gasteiger partial charge in [0.1, 0.15) is 0 Å². The first-order chi connectivity index (χ1) is 15.1. The summed E-state index contributed by atoms with van der Waals surface area (Å²) >= 11 is 0. The highest BCUT2D eigenvalue weighted by Crippen LogP contribution is 2.37. The molecule has 0 spiro atoms. The second-order valence-corrected chi connectivity index (χ2v) is 7.36. The molecule has 5 nitrogen and oxygen atoms in total. The molecule has 0 bridgehead atoms. The Kier molecular flexibility index (Phi) is 7.42. The Labute approximate surface area is 182 Å². The predicted molar refractivity (Wildman–Crippen MR) is 122 cm³/mol. The largest absolute Gasteiger partial charge is 0.465 e. The van der Waals surface area contributed by atoms with Crippen LogP contribution in [0, 0.1) is 5.41 Å². The van der Waals surface area contributed by atoms with Gasteiger partial charge in [-0.15, -0.1) is 0 Å². The van der Waals surface area contributed by atoms with E-state index >= 15 is 0 Å². The van der Waals surface area contributed by atoms with Crippen LogP contribution in [0.3, 0.4) is 0 Å². The van der Waals surface area contributed by atoms with Crippen molar-refractivity contribution in [2.75, 3.05) is 19.8 Å². The van der Waals surface area contributed by atoms with E-state index in [-0.39, 0.29) is 32.7 Å². The van der Waals surface area contributed by atoms with Crippen molar-refractivity contribution >= 4 is 33.5 Å². The van der Waals surface area contributed by atoms with Crippen molar-refractivity contribution in [1.29, 1.82) is 0 Å². The van der Waals surface area contributed by atoms with E-state index in [0.717, 1.165) is 27.1 Å². The van der Waals surface area contributed by atoms with Crippen LogP contribution in [0.15, 0.2) is 66.7 Å². The molecule has 0 aromatic heterocycles. The number of aliphatic hydroxyl groups excluding tert-OH is 1. The van der Waals surface area contributed by atoms with E-state index < -0.39 is 17.4 Å². The standard InChI is InChI=1S/C26H28O5/c1-3-30-24(28)26(15-9-10-16-27,25(29)31-4-2)18-20-17-19-11-5-6-12-21(19)23-14-8-7-13-22(20)23/h5-14,17,27H,3-4,15-16,18H2,1-2H3/b10-9+. The van der Waals surface area contributed by atoms with Crippen LogP contribution in [-0.2, 0) is 25.5 Å². The normalized spacial score (nSPS) is 11.8. The van der Waals surface area contributed by atoms with Crippen molar-refractivity contribution in [3.63, 3.8) is 0 Å². The van der Waals surface area contributed by atoms with Crippen molar-refractivity contribution in [3.05, 3.63) is 72.3 Å². The van der Waals surface area contributed by atoms with Crippen LogP contribution in [0.5, 0.6) is 0 Å². The fourth-order valence-corrected chi connectivity index (χ4v) is 3.97. The summed E-state index contributed by atoms with van der Waals surface area (Å²) in [6.07, 6.45) is 3.36. The number of carbonyl (C=O) groups is 2. The van der Waals surface area contributed by atoms with E-state index in [0.29, 0.717) is 0 Å². The molecule has 0 atom stereocenters. The molecule has 0 saturated carbocycles. The fraction of sp³-hybridized carbons (Fsp3) is 0.308. The van der Waals surface area contributed by atoms with Crippen molar-refractivity contribution < 1.29 is 24.2 Å². The number of carbonyl (C=O) groups excluding carboxylic acids is 2. The second-order valence-electron chi connectivity index (χ2n) is 7.36. The van der Waals surface area contributed by atoms with Gasteiger partial charge in [-0.2, -0.15) is 0 Å². The van der Waals surface area contributed by atoms with Crippen LogP contribution in [0.25, 0.3) is 21.5 Å². The zero-order valence-electron chi connectivity index (χ0n) is 18.0. The van der Waals surface area contributed by atoms with Crippen LogP contribution in [0.2, 0.25) is 0 Å². The molecule has 5 heteroatoms. The minimum absolute atomic E-state index is 0.0758. The Morgan fingerprint density at radius 1 is 0.871 bits per heavy atom. The molecule has 0 aliphatic rings. The highest BCUT2D eigenvalue weighted by Gasteiger charge is 2.48. The number of benzene rings is 3. The molecule has 3 rings (SSSR count). The van der Waals surface area contributed by atoms with Crippen LogP contribution in [0.4, 0.5) is 0 Å². The van der Waals surface area contributed by atoms with E-state index in [4.69, 9.17) is 9.47 Å². The van der Waals surface area contributed by atoms with Gasteiger partial charge < -0.3 is 14.6 Å². The van der Waals surface area contributed by atoms with Crippen LogP contribution in [-0.4, -0.2) is 36.9 Å². The summed E-state index contributed by atoms with van der Waals surface area (Å²) in [5.41, 5.74) is -0.670. The first-order valence-corrected chi connectivity index (χ1v) is 10.6. The second kappa shape index (κ2) is 10.2. The molecular weight excluding hydrogens is 392 g/mol. The SMILES string of the molecule is CCOC(=O)C(C/C=C/CO)(Cc1cc2ccccc2c2ccccc12)C(=O)OCC. The van der Waals surface area contributed by atoms with Gasteiger partial charge in [0.05, 0.1) is 19.8 Å². The number of fused-ring (bicyclic) bond motifs is 3. The molecule has 0 saturated heterocycles. The molecule has 0 radical (unpaired) electrons. The number of allylic oxidation sites excluding steroid dienone is 1. The summed E-state index contributed by atoms with van der Waals surface area (Å²) in [7, 11) is 0. The maximum atomic E-state index is 13.2. The van der Waals surface area contributed by atoms with Crippen LogP contribution >= 0.6 is 0 Å². The highest BCUT2D eigenvalue weighted by atomic mass is 16.6. The summed E-state index contributed by atoms with van der Waals surface area (Å²) in [6, 6.07) is 18.0. The maximum absolute atomic E-state index is 13.2. The van der Waals surface area contributed by atoms with Gasteiger partial charge in [0.2, 0.25) is 0 Å². The van der Waals surface area contributed by atoms with E-state index in [1.165, 1.54) is 6.08 Å². The summed E-state index contributed by atoms with van der Waals surface area (Å²) in [5, 5.41) is 13.4. The van der Waals surface area contributed by atoms with Crippen LogP contribution < -0.4 is 0 Å². The molecular formula is C26H28O5. The molecule has 3 aromatic rings. The molecule has 1 N–H and O–H groups in total. The molecule has 162 valence electrons. The van der Waals surface area contributed by atoms with Crippen LogP contribution in [0.1, 0.15) is 25.8 Å². The van der Waals surface area contributed by atoms with E-state index in [2.05, 4.69) is 6.07 Å². The van der Waals surface area contributed by atoms with Gasteiger partial charge in [-0.3, -0.25) is 9.59 Å². The lowest BCUT2D eigenvalue weighted by molar-refractivity contribution is -0.171. The Morgan fingerprint density at radius 3 is 2.06 bits per heavy atom. The zero-order chi connectivity index (χ0) is 22.3. The molecule has 0 amide bonds. The molecule has 0 aliphatic heterocycles. The smallest absolute Gasteiger partial charge is 0.324 e. The highest BCUT2D eigenvalue weighted by molar-refractivity contribution is 6.09. The predicted octanol–water partition coefficient (Wildman–Crippen LogP) is 4.59. The van der Waals surface area contributed by atoms with Crippen molar-refractivity contribution in [2.45, 2.75) is 26.7 Å². The number of esters is 2. The Bertz CT molecular complexity index is 1080. The topological polar surface area (TPSA) is 72.8 Å². The number of ether oxygens (including phenoxy) is 2. The maximum Gasteiger partial charge on any atom is 0.324 e. The minimum Gasteiger partial charge on any atom is -0.465 e. The monoisotopic (exact) mass is 420 g/mol. The Balaban J connectivity index is 2.21. The average molecular weight is 421 g/mol. The van der Waals surface area contributed by atoms with Gasteiger partial charge in [-0.25, -0.2) is 0 Å². The lowest BCUT2D eigenvalue weighted by Crippen LogP contribution is -2.43.